The first-order chi connectivity index (χ1) is 13.2. The fraction of sp³-hybridized carbons (Fsp3) is 0.611. The fourth-order valence-corrected chi connectivity index (χ4v) is 3.22. The molecule has 0 amide bonds. The number of ether oxygens (including phenoxy) is 3. The molecule has 2 aliphatic rings. The van der Waals surface area contributed by atoms with Crippen LogP contribution in [0.2, 0.25) is 0 Å². The highest BCUT2D eigenvalue weighted by Crippen LogP contribution is 2.38. The number of hydrogen-bond acceptors (Lipinski definition) is 5. The SMILES string of the molecule is CN=C(NCCCN1CCCC1)NCc1cc2c(cc1OC(F)F)OCO2. The Bertz CT molecular complexity index is 652. The van der Waals surface area contributed by atoms with Gasteiger partial charge in [0.15, 0.2) is 17.5 Å². The fourth-order valence-electron chi connectivity index (χ4n) is 3.22. The first kappa shape index (κ1) is 19.5. The number of fused-ring (bicyclic) bond motifs is 1. The molecule has 7 nitrogen and oxygen atoms in total. The van der Waals surface area contributed by atoms with E-state index in [4.69, 9.17) is 9.47 Å². The summed E-state index contributed by atoms with van der Waals surface area (Å²) in [5.74, 6) is 1.59. The number of hydrogen-bond donors (Lipinski definition) is 2. The minimum absolute atomic E-state index is 0.0613. The molecule has 0 bridgehead atoms. The first-order valence-electron chi connectivity index (χ1n) is 9.20. The van der Waals surface area contributed by atoms with E-state index in [0.717, 1.165) is 19.5 Å². The first-order valence-corrected chi connectivity index (χ1v) is 9.20. The average Bonchev–Trinajstić information content (AvgIpc) is 3.31. The maximum Gasteiger partial charge on any atom is 0.387 e. The van der Waals surface area contributed by atoms with Crippen molar-refractivity contribution in [1.29, 1.82) is 0 Å². The van der Waals surface area contributed by atoms with Crippen LogP contribution < -0.4 is 24.8 Å². The Labute approximate surface area is 157 Å². The van der Waals surface area contributed by atoms with Gasteiger partial charge in [-0.2, -0.15) is 8.78 Å². The summed E-state index contributed by atoms with van der Waals surface area (Å²) in [5, 5.41) is 6.37. The summed E-state index contributed by atoms with van der Waals surface area (Å²) >= 11 is 0. The van der Waals surface area contributed by atoms with Gasteiger partial charge < -0.3 is 29.7 Å². The molecule has 27 heavy (non-hydrogen) atoms. The van der Waals surface area contributed by atoms with Crippen LogP contribution in [0.25, 0.3) is 0 Å². The van der Waals surface area contributed by atoms with E-state index in [-0.39, 0.29) is 19.1 Å². The number of nitrogens with zero attached hydrogens (tertiary/aromatic N) is 2. The predicted octanol–water partition coefficient (Wildman–Crippen LogP) is 2.17. The van der Waals surface area contributed by atoms with E-state index in [0.29, 0.717) is 23.0 Å². The highest BCUT2D eigenvalue weighted by molar-refractivity contribution is 5.79. The van der Waals surface area contributed by atoms with Gasteiger partial charge in [0.25, 0.3) is 0 Å². The van der Waals surface area contributed by atoms with Crippen LogP contribution in [0, 0.1) is 0 Å². The van der Waals surface area contributed by atoms with Crippen LogP contribution in [0.15, 0.2) is 17.1 Å². The minimum Gasteiger partial charge on any atom is -0.454 e. The van der Waals surface area contributed by atoms with Crippen LogP contribution in [0.5, 0.6) is 17.2 Å². The topological polar surface area (TPSA) is 67.4 Å². The largest absolute Gasteiger partial charge is 0.454 e. The lowest BCUT2D eigenvalue weighted by Gasteiger charge is -2.17. The molecule has 0 aromatic heterocycles. The molecule has 1 fully saturated rings. The molecule has 0 radical (unpaired) electrons. The van der Waals surface area contributed by atoms with Crippen LogP contribution in [-0.4, -0.2) is 57.5 Å². The van der Waals surface area contributed by atoms with E-state index >= 15 is 0 Å². The zero-order chi connectivity index (χ0) is 19.1. The number of likely N-dealkylation sites (tertiary alicyclic amines) is 1. The summed E-state index contributed by atoms with van der Waals surface area (Å²) in [6, 6.07) is 3.07. The summed E-state index contributed by atoms with van der Waals surface area (Å²) in [6.07, 6.45) is 3.59. The van der Waals surface area contributed by atoms with Gasteiger partial charge in [-0.05, 0) is 45.0 Å². The second-order valence-corrected chi connectivity index (χ2v) is 6.45. The van der Waals surface area contributed by atoms with E-state index in [9.17, 15) is 8.78 Å². The van der Waals surface area contributed by atoms with E-state index < -0.39 is 6.61 Å². The lowest BCUT2D eigenvalue weighted by atomic mass is 10.1. The second kappa shape index (κ2) is 9.59. The molecule has 2 N–H and O–H groups in total. The number of benzene rings is 1. The Morgan fingerprint density at radius 2 is 1.96 bits per heavy atom. The van der Waals surface area contributed by atoms with E-state index in [1.165, 1.54) is 32.0 Å². The molecule has 1 saturated heterocycles. The molecule has 0 aliphatic carbocycles. The minimum atomic E-state index is -2.91. The van der Waals surface area contributed by atoms with Crippen molar-refractivity contribution < 1.29 is 23.0 Å². The normalized spacial score (nSPS) is 16.8. The quantitative estimate of drug-likeness (QED) is 0.407. The van der Waals surface area contributed by atoms with Crippen molar-refractivity contribution in [2.24, 2.45) is 4.99 Å². The van der Waals surface area contributed by atoms with Gasteiger partial charge in [-0.15, -0.1) is 0 Å². The number of aliphatic imine (C=N–C) groups is 1. The van der Waals surface area contributed by atoms with E-state index in [1.54, 1.807) is 13.1 Å². The molecule has 0 unspecified atom stereocenters. The molecule has 2 aliphatic heterocycles. The van der Waals surface area contributed by atoms with Crippen molar-refractivity contribution in [3.05, 3.63) is 17.7 Å². The van der Waals surface area contributed by atoms with Crippen molar-refractivity contribution in [2.45, 2.75) is 32.4 Å². The van der Waals surface area contributed by atoms with Gasteiger partial charge in [-0.3, -0.25) is 4.99 Å². The predicted molar refractivity (Wildman–Crippen MR) is 97.7 cm³/mol. The van der Waals surface area contributed by atoms with Gasteiger partial charge in [-0.25, -0.2) is 0 Å². The Morgan fingerprint density at radius 3 is 2.67 bits per heavy atom. The summed E-state index contributed by atoms with van der Waals surface area (Å²) in [5.41, 5.74) is 0.541. The zero-order valence-electron chi connectivity index (χ0n) is 15.5. The number of halogens is 2. The number of guanidine groups is 1. The second-order valence-electron chi connectivity index (χ2n) is 6.45. The van der Waals surface area contributed by atoms with Crippen molar-refractivity contribution in [3.8, 4) is 17.2 Å². The van der Waals surface area contributed by atoms with Crippen molar-refractivity contribution in [2.75, 3.05) is 40.0 Å². The van der Waals surface area contributed by atoms with Crippen LogP contribution in [-0.2, 0) is 6.54 Å². The smallest absolute Gasteiger partial charge is 0.387 e. The molecule has 0 spiro atoms. The van der Waals surface area contributed by atoms with Gasteiger partial charge in [0, 0.05) is 31.8 Å². The van der Waals surface area contributed by atoms with Crippen molar-refractivity contribution >= 4 is 5.96 Å². The maximum atomic E-state index is 12.7. The van der Waals surface area contributed by atoms with E-state index in [1.807, 2.05) is 0 Å². The Hall–Kier alpha value is -2.29. The highest BCUT2D eigenvalue weighted by Gasteiger charge is 2.20. The molecule has 1 aromatic carbocycles. The molecule has 9 heteroatoms. The monoisotopic (exact) mass is 384 g/mol. The van der Waals surface area contributed by atoms with Gasteiger partial charge in [0.1, 0.15) is 5.75 Å². The molecule has 150 valence electrons. The summed E-state index contributed by atoms with van der Waals surface area (Å²) in [4.78, 5) is 6.63. The Morgan fingerprint density at radius 1 is 1.22 bits per heavy atom. The Kier molecular flexibility index (Phi) is 6.92. The summed E-state index contributed by atoms with van der Waals surface area (Å²) in [7, 11) is 1.67. The van der Waals surface area contributed by atoms with Crippen LogP contribution >= 0.6 is 0 Å². The van der Waals surface area contributed by atoms with Gasteiger partial charge in [0.2, 0.25) is 6.79 Å². The standard InChI is InChI=1S/C18H26F2N4O3/c1-21-18(22-5-4-8-24-6-2-3-7-24)23-11-13-9-15-16(26-12-25-15)10-14(13)27-17(19)20/h9-10,17H,2-8,11-12H2,1H3,(H2,21,22,23). The Balaban J connectivity index is 1.51. The molecular weight excluding hydrogens is 358 g/mol. The highest BCUT2D eigenvalue weighted by atomic mass is 19.3. The zero-order valence-corrected chi connectivity index (χ0v) is 15.5. The van der Waals surface area contributed by atoms with Gasteiger partial charge in [0.05, 0.1) is 0 Å². The number of rotatable bonds is 8. The third kappa shape index (κ3) is 5.59. The molecule has 0 atom stereocenters. The maximum absolute atomic E-state index is 12.7. The molecular formula is C18H26F2N4O3. The summed E-state index contributed by atoms with van der Waals surface area (Å²) in [6.45, 7) is 1.65. The van der Waals surface area contributed by atoms with Gasteiger partial charge in [-0.1, -0.05) is 0 Å². The third-order valence-corrected chi connectivity index (χ3v) is 4.58. The van der Waals surface area contributed by atoms with Crippen molar-refractivity contribution in [3.63, 3.8) is 0 Å². The lowest BCUT2D eigenvalue weighted by molar-refractivity contribution is -0.0505. The molecule has 2 heterocycles. The van der Waals surface area contributed by atoms with Gasteiger partial charge >= 0.3 is 6.61 Å². The third-order valence-electron chi connectivity index (χ3n) is 4.58. The summed E-state index contributed by atoms with van der Waals surface area (Å²) < 4.78 is 40.5. The molecule has 0 saturated carbocycles. The number of nitrogens with one attached hydrogen (secondary N) is 2. The van der Waals surface area contributed by atoms with Crippen LogP contribution in [0.4, 0.5) is 8.78 Å². The van der Waals surface area contributed by atoms with E-state index in [2.05, 4.69) is 25.3 Å². The average molecular weight is 384 g/mol. The molecule has 3 rings (SSSR count). The lowest BCUT2D eigenvalue weighted by Crippen LogP contribution is -2.38. The molecule has 1 aromatic rings. The van der Waals surface area contributed by atoms with Crippen LogP contribution in [0.3, 0.4) is 0 Å². The number of alkyl halides is 2. The van der Waals surface area contributed by atoms with Crippen LogP contribution in [0.1, 0.15) is 24.8 Å². The van der Waals surface area contributed by atoms with Crippen molar-refractivity contribution in [1.82, 2.24) is 15.5 Å².